The van der Waals surface area contributed by atoms with Gasteiger partial charge in [0, 0.05) is 31.3 Å². The van der Waals surface area contributed by atoms with E-state index in [9.17, 15) is 4.79 Å². The molecule has 0 aromatic heterocycles. The number of carbonyl (C=O) groups excluding carboxylic acids is 1. The first-order valence-corrected chi connectivity index (χ1v) is 7.52. The van der Waals surface area contributed by atoms with Crippen LogP contribution in [-0.2, 0) is 11.3 Å². The molecule has 0 atom stereocenters. The van der Waals surface area contributed by atoms with Crippen molar-refractivity contribution in [2.75, 3.05) is 6.54 Å². The van der Waals surface area contributed by atoms with E-state index < -0.39 is 0 Å². The summed E-state index contributed by atoms with van der Waals surface area (Å²) in [6.07, 6.45) is 4.62. The number of hydrogen-bond donors (Lipinski definition) is 0. The Morgan fingerprint density at radius 2 is 1.85 bits per heavy atom. The van der Waals surface area contributed by atoms with E-state index in [2.05, 4.69) is 49.9 Å². The van der Waals surface area contributed by atoms with E-state index in [0.717, 1.165) is 25.9 Å². The largest absolute Gasteiger partial charge is 0.370 e. The summed E-state index contributed by atoms with van der Waals surface area (Å²) in [7, 11) is 0. The monoisotopic (exact) mass is 271 g/mol. The molecule has 0 amide bonds. The van der Waals surface area contributed by atoms with Crippen LogP contribution in [0.15, 0.2) is 42.1 Å². The lowest BCUT2D eigenvalue weighted by Crippen LogP contribution is -2.31. The van der Waals surface area contributed by atoms with Crippen LogP contribution < -0.4 is 0 Å². The quantitative estimate of drug-likeness (QED) is 0.801. The van der Waals surface area contributed by atoms with Crippen LogP contribution in [0.5, 0.6) is 0 Å². The third-order valence-corrected chi connectivity index (χ3v) is 3.76. The highest BCUT2D eigenvalue weighted by atomic mass is 16.1. The maximum Gasteiger partial charge on any atom is 0.157 e. The first kappa shape index (κ1) is 14.8. The maximum absolute atomic E-state index is 11.9. The molecule has 20 heavy (non-hydrogen) atoms. The van der Waals surface area contributed by atoms with E-state index in [4.69, 9.17) is 0 Å². The van der Waals surface area contributed by atoms with E-state index in [1.54, 1.807) is 0 Å². The molecule has 0 fully saturated rings. The zero-order valence-electron chi connectivity index (χ0n) is 12.9. The Bertz CT molecular complexity index is 487. The van der Waals surface area contributed by atoms with E-state index in [-0.39, 0.29) is 11.2 Å². The van der Waals surface area contributed by atoms with Gasteiger partial charge in [-0.3, -0.25) is 4.79 Å². The molecule has 1 aliphatic rings. The van der Waals surface area contributed by atoms with Gasteiger partial charge in [-0.15, -0.1) is 0 Å². The summed E-state index contributed by atoms with van der Waals surface area (Å²) in [5.41, 5.74) is 2.60. The average molecular weight is 271 g/mol. The molecule has 1 aliphatic carbocycles. The van der Waals surface area contributed by atoms with E-state index in [0.29, 0.717) is 6.42 Å². The fourth-order valence-electron chi connectivity index (χ4n) is 2.91. The number of rotatable bonds is 5. The van der Waals surface area contributed by atoms with Gasteiger partial charge in [-0.25, -0.2) is 0 Å². The maximum atomic E-state index is 11.9. The molecule has 0 saturated heterocycles. The van der Waals surface area contributed by atoms with Crippen LogP contribution in [0.1, 0.15) is 45.6 Å². The van der Waals surface area contributed by atoms with Gasteiger partial charge in [-0.1, -0.05) is 51.1 Å². The van der Waals surface area contributed by atoms with Gasteiger partial charge < -0.3 is 4.90 Å². The van der Waals surface area contributed by atoms with Gasteiger partial charge >= 0.3 is 0 Å². The van der Waals surface area contributed by atoms with Crippen LogP contribution in [0, 0.1) is 5.41 Å². The van der Waals surface area contributed by atoms with E-state index in [1.807, 2.05) is 12.1 Å². The van der Waals surface area contributed by atoms with Gasteiger partial charge in [0.1, 0.15) is 0 Å². The van der Waals surface area contributed by atoms with Crippen molar-refractivity contribution in [3.63, 3.8) is 0 Å². The molecule has 1 aromatic rings. The normalized spacial score (nSPS) is 17.8. The zero-order chi connectivity index (χ0) is 14.6. The molecule has 0 spiro atoms. The molecule has 0 unspecified atom stereocenters. The topological polar surface area (TPSA) is 20.3 Å². The van der Waals surface area contributed by atoms with Gasteiger partial charge in [-0.05, 0) is 23.8 Å². The third-order valence-electron chi connectivity index (χ3n) is 3.76. The first-order chi connectivity index (χ1) is 9.50. The molecule has 2 heteroatoms. The van der Waals surface area contributed by atoms with E-state index in [1.165, 1.54) is 11.3 Å². The van der Waals surface area contributed by atoms with Crippen molar-refractivity contribution in [3.8, 4) is 0 Å². The summed E-state index contributed by atoms with van der Waals surface area (Å²) >= 11 is 0. The third kappa shape index (κ3) is 3.96. The minimum absolute atomic E-state index is 0.0871. The molecular weight excluding hydrogens is 246 g/mol. The highest BCUT2D eigenvalue weighted by Gasteiger charge is 2.29. The molecule has 2 rings (SSSR count). The Labute approximate surface area is 122 Å². The smallest absolute Gasteiger partial charge is 0.157 e. The summed E-state index contributed by atoms with van der Waals surface area (Å²) in [5.74, 6) is 0.269. The predicted molar refractivity (Wildman–Crippen MR) is 83.2 cm³/mol. The summed E-state index contributed by atoms with van der Waals surface area (Å²) in [6, 6.07) is 10.5. The van der Waals surface area contributed by atoms with Gasteiger partial charge in [0.05, 0.1) is 0 Å². The van der Waals surface area contributed by atoms with Crippen molar-refractivity contribution in [2.24, 2.45) is 5.41 Å². The van der Waals surface area contributed by atoms with E-state index >= 15 is 0 Å². The minimum atomic E-state index is 0.0871. The number of allylic oxidation sites excluding steroid dienone is 2. The van der Waals surface area contributed by atoms with Crippen molar-refractivity contribution in [2.45, 2.75) is 46.6 Å². The number of carbonyl (C=O) groups is 1. The number of hydrogen-bond acceptors (Lipinski definition) is 2. The fourth-order valence-corrected chi connectivity index (χ4v) is 2.91. The van der Waals surface area contributed by atoms with Crippen molar-refractivity contribution in [1.29, 1.82) is 0 Å². The zero-order valence-corrected chi connectivity index (χ0v) is 12.9. The van der Waals surface area contributed by atoms with Crippen LogP contribution >= 0.6 is 0 Å². The van der Waals surface area contributed by atoms with Crippen molar-refractivity contribution in [1.82, 2.24) is 4.90 Å². The van der Waals surface area contributed by atoms with Gasteiger partial charge in [0.15, 0.2) is 5.78 Å². The standard InChI is InChI=1S/C18H25NO/c1-4-10-19(14-15-8-6-5-7-9-15)16-11-17(20)13-18(2,3)12-16/h5-9,11H,4,10,12-14H2,1-3H3. The SMILES string of the molecule is CCCN(Cc1ccccc1)C1=CC(=O)CC(C)(C)C1. The Hall–Kier alpha value is -1.57. The van der Waals surface area contributed by atoms with Gasteiger partial charge in [0.25, 0.3) is 0 Å². The second-order valence-electron chi connectivity index (χ2n) is 6.53. The average Bonchev–Trinajstić information content (AvgIpc) is 2.37. The van der Waals surface area contributed by atoms with Crippen LogP contribution in [0.25, 0.3) is 0 Å². The van der Waals surface area contributed by atoms with Crippen molar-refractivity contribution in [3.05, 3.63) is 47.7 Å². The fraction of sp³-hybridized carbons (Fsp3) is 0.500. The summed E-state index contributed by atoms with van der Waals surface area (Å²) in [4.78, 5) is 14.3. The van der Waals surface area contributed by atoms with Crippen LogP contribution in [0.4, 0.5) is 0 Å². The molecule has 0 N–H and O–H groups in total. The molecule has 0 radical (unpaired) electrons. The van der Waals surface area contributed by atoms with Crippen molar-refractivity contribution < 1.29 is 4.79 Å². The first-order valence-electron chi connectivity index (χ1n) is 7.52. The second kappa shape index (κ2) is 6.25. The number of benzene rings is 1. The molecule has 2 nitrogen and oxygen atoms in total. The Balaban J connectivity index is 2.18. The molecular formula is C18H25NO. The number of nitrogens with zero attached hydrogens (tertiary/aromatic N) is 1. The molecule has 1 aromatic carbocycles. The Morgan fingerprint density at radius 3 is 2.45 bits per heavy atom. The lowest BCUT2D eigenvalue weighted by Gasteiger charge is -2.35. The molecule has 0 bridgehead atoms. The van der Waals surface area contributed by atoms with Gasteiger partial charge in [0.2, 0.25) is 0 Å². The summed E-state index contributed by atoms with van der Waals surface area (Å²) < 4.78 is 0. The van der Waals surface area contributed by atoms with Crippen LogP contribution in [-0.4, -0.2) is 17.2 Å². The lowest BCUT2D eigenvalue weighted by molar-refractivity contribution is -0.117. The highest BCUT2D eigenvalue weighted by Crippen LogP contribution is 2.35. The molecule has 0 saturated carbocycles. The van der Waals surface area contributed by atoms with Crippen LogP contribution in [0.3, 0.4) is 0 Å². The van der Waals surface area contributed by atoms with Crippen LogP contribution in [0.2, 0.25) is 0 Å². The minimum Gasteiger partial charge on any atom is -0.370 e. The number of ketones is 1. The highest BCUT2D eigenvalue weighted by molar-refractivity contribution is 5.91. The summed E-state index contributed by atoms with van der Waals surface area (Å²) in [5, 5.41) is 0. The predicted octanol–water partition coefficient (Wildman–Crippen LogP) is 4.17. The molecule has 108 valence electrons. The van der Waals surface area contributed by atoms with Gasteiger partial charge in [-0.2, -0.15) is 0 Å². The Morgan fingerprint density at radius 1 is 1.15 bits per heavy atom. The lowest BCUT2D eigenvalue weighted by atomic mass is 9.78. The Kier molecular flexibility index (Phi) is 4.64. The molecule has 0 heterocycles. The summed E-state index contributed by atoms with van der Waals surface area (Å²) in [6.45, 7) is 8.46. The molecule has 0 aliphatic heterocycles. The second-order valence-corrected chi connectivity index (χ2v) is 6.53. The van der Waals surface area contributed by atoms with Crippen molar-refractivity contribution >= 4 is 5.78 Å².